The summed E-state index contributed by atoms with van der Waals surface area (Å²) in [7, 11) is -2.81. The minimum Gasteiger partial charge on any atom is -0.242 e. The smallest absolute Gasteiger partial charge is 0.242 e. The van der Waals surface area contributed by atoms with E-state index in [1.54, 1.807) is 0 Å². The summed E-state index contributed by atoms with van der Waals surface area (Å²) in [6.07, 6.45) is 2.77. The highest BCUT2D eigenvalue weighted by atomic mass is 32.2. The van der Waals surface area contributed by atoms with Gasteiger partial charge in [-0.2, -0.15) is 0 Å². The van der Waals surface area contributed by atoms with Gasteiger partial charge < -0.3 is 0 Å². The van der Waals surface area contributed by atoms with Gasteiger partial charge >= 0.3 is 0 Å². The first-order valence-corrected chi connectivity index (χ1v) is 4.55. The van der Waals surface area contributed by atoms with Gasteiger partial charge in [0.2, 0.25) is 0 Å². The van der Waals surface area contributed by atoms with Crippen molar-refractivity contribution in [1.82, 2.24) is 0 Å². The maximum Gasteiger partial charge on any atom is 0.279 e. The molecule has 0 saturated heterocycles. The number of hydrogen-bond acceptors (Lipinski definition) is 2. The van der Waals surface area contributed by atoms with Gasteiger partial charge in [0.15, 0.2) is 0 Å². The lowest BCUT2D eigenvalue weighted by Gasteiger charge is -1.88. The van der Waals surface area contributed by atoms with Crippen LogP contribution in [0.25, 0.3) is 0 Å². The van der Waals surface area contributed by atoms with Gasteiger partial charge in [0.1, 0.15) is 0 Å². The summed E-state index contributed by atoms with van der Waals surface area (Å²) < 4.78 is 20.7. The molecule has 0 aromatic rings. The third-order valence-electron chi connectivity index (χ3n) is 0.709. The molecule has 0 amide bonds. The minimum atomic E-state index is -2.81. The van der Waals surface area contributed by atoms with Gasteiger partial charge in [0, 0.05) is 6.26 Å². The Kier molecular flexibility index (Phi) is 3.13. The van der Waals surface area contributed by atoms with E-state index in [-0.39, 0.29) is 0 Å². The molecule has 47 valence electrons. The lowest BCUT2D eigenvalue weighted by molar-refractivity contribution is 0.614. The van der Waals surface area contributed by atoms with Crippen LogP contribution in [0.4, 0.5) is 0 Å². The Balaban J connectivity index is 3.42. The van der Waals surface area contributed by atoms with E-state index in [1.165, 1.54) is 12.8 Å². The van der Waals surface area contributed by atoms with Gasteiger partial charge in [-0.05, 0) is 0 Å². The van der Waals surface area contributed by atoms with Crippen molar-refractivity contribution >= 4 is 16.2 Å². The lowest BCUT2D eigenvalue weighted by Crippen LogP contribution is -2.05. The highest BCUT2D eigenvalue weighted by Gasteiger charge is 2.01. The average molecular weight is 133 g/mol. The molecule has 2 nitrogen and oxygen atoms in total. The molecule has 0 atom stereocenters. The van der Waals surface area contributed by atoms with E-state index in [4.69, 9.17) is 0 Å². The monoisotopic (exact) mass is 133 g/mol. The van der Waals surface area contributed by atoms with Gasteiger partial charge in [-0.1, -0.05) is 19.7 Å². The summed E-state index contributed by atoms with van der Waals surface area (Å²) in [6.45, 7) is 3.29. The molecule has 0 aliphatic rings. The first kappa shape index (κ1) is 8.01. The van der Waals surface area contributed by atoms with E-state index < -0.39 is 9.69 Å². The Labute approximate surface area is 51.3 Å². The Morgan fingerprint density at radius 2 is 2.00 bits per heavy atom. The van der Waals surface area contributed by atoms with Gasteiger partial charge in [-0.25, -0.2) is 8.42 Å². The molecule has 0 rings (SSSR count). The molecule has 0 saturated carbocycles. The van der Waals surface area contributed by atoms with Gasteiger partial charge in [-0.15, -0.1) is 0 Å². The fourth-order valence-electron chi connectivity index (χ4n) is 0.332. The van der Waals surface area contributed by atoms with Gasteiger partial charge in [0.25, 0.3) is 6.56 Å². The molecule has 1 radical (unpaired) electrons. The van der Waals surface area contributed by atoms with Crippen molar-refractivity contribution in [1.29, 1.82) is 0 Å². The van der Waals surface area contributed by atoms with E-state index in [0.29, 0.717) is 6.32 Å². The second kappa shape index (κ2) is 3.12. The van der Waals surface area contributed by atoms with Crippen molar-refractivity contribution in [3.05, 3.63) is 0 Å². The van der Waals surface area contributed by atoms with Gasteiger partial charge in [0.05, 0.1) is 9.69 Å². The fraction of sp³-hybridized carbons (Fsp3) is 1.00. The van der Waals surface area contributed by atoms with Crippen molar-refractivity contribution in [2.24, 2.45) is 0 Å². The minimum absolute atomic E-state index is 0.666. The third-order valence-corrected chi connectivity index (χ3v) is 1.55. The first-order chi connectivity index (χ1) is 3.56. The predicted octanol–water partition coefficient (Wildman–Crippen LogP) is 0.479. The van der Waals surface area contributed by atoms with Crippen LogP contribution in [0, 0.1) is 0 Å². The average Bonchev–Trinajstić information content (AvgIpc) is 1.59. The van der Waals surface area contributed by atoms with Crippen LogP contribution in [0.2, 0.25) is 6.32 Å². The van der Waals surface area contributed by atoms with Crippen LogP contribution in [0.5, 0.6) is 0 Å². The van der Waals surface area contributed by atoms with E-state index in [2.05, 4.69) is 0 Å². The third kappa shape index (κ3) is 6.01. The summed E-state index contributed by atoms with van der Waals surface area (Å²) in [5.41, 5.74) is 0. The summed E-state index contributed by atoms with van der Waals surface area (Å²) in [5.74, 6) is 0. The summed E-state index contributed by atoms with van der Waals surface area (Å²) >= 11 is 0. The molecule has 4 heteroatoms. The summed E-state index contributed by atoms with van der Waals surface area (Å²) in [4.78, 5) is 0. The van der Waals surface area contributed by atoms with Crippen molar-refractivity contribution in [2.75, 3.05) is 6.26 Å². The molecule has 0 bridgehead atoms. The molecular weight excluding hydrogens is 123 g/mol. The quantitative estimate of drug-likeness (QED) is 0.524. The molecule has 0 heterocycles. The lowest BCUT2D eigenvalue weighted by atomic mass is 10.0. The Bertz CT molecular complexity index is 138. The topological polar surface area (TPSA) is 34.1 Å². The highest BCUT2D eigenvalue weighted by Crippen LogP contribution is 1.89. The number of hydrogen-bond donors (Lipinski definition) is 0. The molecule has 0 aliphatic carbocycles. The molecule has 0 aromatic heterocycles. The molecule has 0 aromatic carbocycles. The zero-order valence-corrected chi connectivity index (χ0v) is 6.03. The van der Waals surface area contributed by atoms with E-state index in [9.17, 15) is 8.42 Å². The summed E-state index contributed by atoms with van der Waals surface area (Å²) in [6, 6.07) is 0. The number of rotatable bonds is 3. The van der Waals surface area contributed by atoms with Crippen molar-refractivity contribution in [3.63, 3.8) is 0 Å². The largest absolute Gasteiger partial charge is 0.279 e. The second-order valence-corrected chi connectivity index (χ2v) is 3.78. The predicted molar refractivity (Wildman–Crippen MR) is 35.7 cm³/mol. The maximum atomic E-state index is 10.3. The van der Waals surface area contributed by atoms with E-state index in [0.717, 1.165) is 6.42 Å². The molecule has 0 aliphatic heterocycles. The van der Waals surface area contributed by atoms with Crippen molar-refractivity contribution < 1.29 is 8.42 Å². The maximum absolute atomic E-state index is 10.3. The van der Waals surface area contributed by atoms with Crippen LogP contribution in [0.15, 0.2) is 0 Å². The Hall–Kier alpha value is 0.0149. The second-order valence-electron chi connectivity index (χ2n) is 1.78. The van der Waals surface area contributed by atoms with E-state index >= 15 is 0 Å². The fourth-order valence-corrected chi connectivity index (χ4v) is 0.996. The van der Waals surface area contributed by atoms with Crippen LogP contribution >= 0.6 is 0 Å². The van der Waals surface area contributed by atoms with Crippen LogP contribution in [0.1, 0.15) is 13.3 Å². The van der Waals surface area contributed by atoms with Crippen LogP contribution in [-0.2, 0) is 9.69 Å². The molecule has 0 unspecified atom stereocenters. The van der Waals surface area contributed by atoms with E-state index in [1.807, 2.05) is 6.92 Å². The van der Waals surface area contributed by atoms with Crippen LogP contribution < -0.4 is 0 Å². The van der Waals surface area contributed by atoms with Crippen LogP contribution in [-0.4, -0.2) is 21.2 Å². The molecule has 0 fully saturated rings. The van der Waals surface area contributed by atoms with Gasteiger partial charge in [-0.3, -0.25) is 0 Å². The first-order valence-electron chi connectivity index (χ1n) is 2.59. The molecular formula is C4H10BO2S. The zero-order valence-electron chi connectivity index (χ0n) is 5.22. The SMILES string of the molecule is CCC[B]S(C)(=O)=O. The standard InChI is InChI=1S/C4H10BO2S/c1-3-4-5-8(2,6)7/h3-4H2,1-2H3. The Morgan fingerprint density at radius 1 is 1.50 bits per heavy atom. The van der Waals surface area contributed by atoms with Crippen LogP contribution in [0.3, 0.4) is 0 Å². The van der Waals surface area contributed by atoms with Crippen molar-refractivity contribution in [2.45, 2.75) is 19.7 Å². The molecule has 0 spiro atoms. The Morgan fingerprint density at radius 3 is 2.12 bits per heavy atom. The molecule has 8 heavy (non-hydrogen) atoms. The highest BCUT2D eigenvalue weighted by molar-refractivity contribution is 8.14. The van der Waals surface area contributed by atoms with Crippen molar-refractivity contribution in [3.8, 4) is 0 Å². The summed E-state index contributed by atoms with van der Waals surface area (Å²) in [5, 5.41) is 0. The normalized spacial score (nSPS) is 11.2. The zero-order chi connectivity index (χ0) is 6.62. The molecule has 0 N–H and O–H groups in total.